The van der Waals surface area contributed by atoms with Crippen molar-refractivity contribution in [2.24, 2.45) is 0 Å². The van der Waals surface area contributed by atoms with Crippen LogP contribution in [0.5, 0.6) is 0 Å². The van der Waals surface area contributed by atoms with Gasteiger partial charge in [-0.1, -0.05) is 48.5 Å². The number of halogens is 2. The number of likely N-dealkylation sites (N-methyl/N-ethyl adjacent to an activating group) is 1. The zero-order chi connectivity index (χ0) is 15.0. The van der Waals surface area contributed by atoms with Gasteiger partial charge in [0.25, 0.3) is 0 Å². The predicted molar refractivity (Wildman–Crippen MR) is 85.5 cm³/mol. The molecule has 5 heteroatoms. The molecule has 1 amide bonds. The van der Waals surface area contributed by atoms with Crippen molar-refractivity contribution in [3.8, 4) is 0 Å². The summed E-state index contributed by atoms with van der Waals surface area (Å²) in [5.41, 5.74) is 0.542. The van der Waals surface area contributed by atoms with E-state index in [4.69, 9.17) is 23.2 Å². The van der Waals surface area contributed by atoms with Gasteiger partial charge in [0.15, 0.2) is 0 Å². The Hall–Kier alpha value is -0.770. The molecule has 1 N–H and O–H groups in total. The van der Waals surface area contributed by atoms with Crippen molar-refractivity contribution < 1.29 is 4.79 Å². The molecule has 1 saturated carbocycles. The second kappa shape index (κ2) is 5.79. The van der Waals surface area contributed by atoms with E-state index in [0.717, 1.165) is 31.2 Å². The van der Waals surface area contributed by atoms with Gasteiger partial charge in [-0.05, 0) is 31.9 Å². The predicted octanol–water partition coefficient (Wildman–Crippen LogP) is 4.15. The fraction of sp³-hybridized carbons (Fsp3) is 0.562. The number of rotatable bonds is 2. The number of hydrogen-bond donors (Lipinski definition) is 1. The Balaban J connectivity index is 1.96. The molecule has 21 heavy (non-hydrogen) atoms. The molecule has 1 unspecified atom stereocenters. The van der Waals surface area contributed by atoms with E-state index in [9.17, 15) is 4.79 Å². The maximum atomic E-state index is 12.9. The molecule has 1 saturated heterocycles. The van der Waals surface area contributed by atoms with Gasteiger partial charge >= 0.3 is 0 Å². The lowest BCUT2D eigenvalue weighted by Gasteiger charge is -2.31. The molecule has 1 aliphatic heterocycles. The van der Waals surface area contributed by atoms with E-state index >= 15 is 0 Å². The Morgan fingerprint density at radius 1 is 1.29 bits per heavy atom. The number of hydrogen-bond acceptors (Lipinski definition) is 2. The first-order valence-corrected chi connectivity index (χ1v) is 8.37. The fourth-order valence-electron chi connectivity index (χ4n) is 3.60. The molecule has 0 bridgehead atoms. The molecule has 3 rings (SSSR count). The van der Waals surface area contributed by atoms with Crippen LogP contribution in [0, 0.1) is 0 Å². The lowest BCUT2D eigenvalue weighted by Crippen LogP contribution is -2.48. The minimum absolute atomic E-state index is 0.148. The van der Waals surface area contributed by atoms with E-state index in [2.05, 4.69) is 5.32 Å². The lowest BCUT2D eigenvalue weighted by molar-refractivity contribution is -0.134. The normalized spacial score (nSPS) is 24.8. The van der Waals surface area contributed by atoms with Gasteiger partial charge in [0.05, 0.1) is 5.54 Å². The molecule has 114 valence electrons. The van der Waals surface area contributed by atoms with Crippen molar-refractivity contribution in [1.29, 1.82) is 0 Å². The van der Waals surface area contributed by atoms with Crippen LogP contribution in [0.1, 0.15) is 50.8 Å². The summed E-state index contributed by atoms with van der Waals surface area (Å²) in [7, 11) is 0. The Kier molecular flexibility index (Phi) is 4.17. The molecule has 1 atom stereocenters. The third kappa shape index (κ3) is 2.56. The first-order chi connectivity index (χ1) is 10.1. The van der Waals surface area contributed by atoms with Crippen molar-refractivity contribution in [3.63, 3.8) is 0 Å². The highest BCUT2D eigenvalue weighted by Crippen LogP contribution is 2.41. The van der Waals surface area contributed by atoms with E-state index in [-0.39, 0.29) is 17.6 Å². The summed E-state index contributed by atoms with van der Waals surface area (Å²) in [5.74, 6) is 0.223. The first-order valence-electron chi connectivity index (χ1n) is 7.61. The number of amides is 1. The van der Waals surface area contributed by atoms with Crippen LogP contribution in [0.3, 0.4) is 0 Å². The maximum absolute atomic E-state index is 12.9. The molecule has 0 aromatic heterocycles. The fourth-order valence-corrected chi connectivity index (χ4v) is 4.11. The quantitative estimate of drug-likeness (QED) is 0.885. The van der Waals surface area contributed by atoms with Crippen LogP contribution in [-0.4, -0.2) is 22.9 Å². The monoisotopic (exact) mass is 326 g/mol. The van der Waals surface area contributed by atoms with Crippen LogP contribution in [0.2, 0.25) is 10.0 Å². The molecule has 1 aromatic rings. The molecule has 1 heterocycles. The number of nitrogens with one attached hydrogen (secondary N) is 1. The molecule has 2 fully saturated rings. The van der Waals surface area contributed by atoms with Gasteiger partial charge in [-0.15, -0.1) is 0 Å². The van der Waals surface area contributed by atoms with E-state index in [1.807, 2.05) is 24.0 Å². The number of carbonyl (C=O) groups excluding carboxylic acids is 1. The second-order valence-corrected chi connectivity index (χ2v) is 6.79. The summed E-state index contributed by atoms with van der Waals surface area (Å²) in [6.45, 7) is 2.69. The minimum Gasteiger partial charge on any atom is -0.322 e. The zero-order valence-electron chi connectivity index (χ0n) is 12.2. The van der Waals surface area contributed by atoms with Crippen LogP contribution < -0.4 is 5.32 Å². The average molecular weight is 327 g/mol. The molecular formula is C16H20Cl2N2O. The average Bonchev–Trinajstić information content (AvgIpc) is 2.72. The summed E-state index contributed by atoms with van der Waals surface area (Å²) in [6.07, 6.45) is 5.13. The van der Waals surface area contributed by atoms with Crippen molar-refractivity contribution in [3.05, 3.63) is 33.8 Å². The van der Waals surface area contributed by atoms with Gasteiger partial charge in [0.2, 0.25) is 5.91 Å². The Labute approximate surface area is 135 Å². The highest BCUT2D eigenvalue weighted by atomic mass is 35.5. The summed E-state index contributed by atoms with van der Waals surface area (Å²) in [6, 6.07) is 5.49. The third-order valence-electron chi connectivity index (χ3n) is 4.70. The van der Waals surface area contributed by atoms with Crippen molar-refractivity contribution in [2.75, 3.05) is 6.54 Å². The SMILES string of the molecule is CCN1C(=O)C2(CCCCC2)NC1c1ccc(Cl)cc1Cl. The lowest BCUT2D eigenvalue weighted by atomic mass is 9.81. The summed E-state index contributed by atoms with van der Waals surface area (Å²) < 4.78 is 0. The molecule has 1 aliphatic carbocycles. The largest absolute Gasteiger partial charge is 0.322 e. The van der Waals surface area contributed by atoms with E-state index in [0.29, 0.717) is 16.6 Å². The van der Waals surface area contributed by atoms with Crippen LogP contribution in [0.4, 0.5) is 0 Å². The maximum Gasteiger partial charge on any atom is 0.244 e. The van der Waals surface area contributed by atoms with Crippen LogP contribution in [0.25, 0.3) is 0 Å². The van der Waals surface area contributed by atoms with E-state index < -0.39 is 0 Å². The molecule has 2 aliphatic rings. The highest BCUT2D eigenvalue weighted by molar-refractivity contribution is 6.35. The zero-order valence-corrected chi connectivity index (χ0v) is 13.7. The van der Waals surface area contributed by atoms with Crippen molar-refractivity contribution >= 4 is 29.1 Å². The smallest absolute Gasteiger partial charge is 0.244 e. The summed E-state index contributed by atoms with van der Waals surface area (Å²) in [4.78, 5) is 14.8. The Morgan fingerprint density at radius 3 is 2.62 bits per heavy atom. The third-order valence-corrected chi connectivity index (χ3v) is 5.26. The number of carbonyl (C=O) groups is 1. The molecular weight excluding hydrogens is 307 g/mol. The van der Waals surface area contributed by atoms with Gasteiger partial charge in [-0.3, -0.25) is 10.1 Å². The number of nitrogens with zero attached hydrogens (tertiary/aromatic N) is 1. The summed E-state index contributed by atoms with van der Waals surface area (Å²) in [5, 5.41) is 4.81. The van der Waals surface area contributed by atoms with Crippen molar-refractivity contribution in [2.45, 2.75) is 50.7 Å². The molecule has 1 aromatic carbocycles. The van der Waals surface area contributed by atoms with Gasteiger partial charge in [-0.2, -0.15) is 0 Å². The van der Waals surface area contributed by atoms with E-state index in [1.165, 1.54) is 6.42 Å². The van der Waals surface area contributed by atoms with Gasteiger partial charge in [0, 0.05) is 22.2 Å². The molecule has 1 spiro atoms. The van der Waals surface area contributed by atoms with Gasteiger partial charge in [0.1, 0.15) is 6.17 Å². The topological polar surface area (TPSA) is 32.3 Å². The second-order valence-electron chi connectivity index (χ2n) is 5.95. The Bertz CT molecular complexity index is 555. The molecule has 3 nitrogen and oxygen atoms in total. The van der Waals surface area contributed by atoms with Gasteiger partial charge in [-0.25, -0.2) is 0 Å². The van der Waals surface area contributed by atoms with Gasteiger partial charge < -0.3 is 4.90 Å². The number of benzene rings is 1. The highest BCUT2D eigenvalue weighted by Gasteiger charge is 2.51. The van der Waals surface area contributed by atoms with Crippen LogP contribution in [0.15, 0.2) is 18.2 Å². The standard InChI is InChI=1S/C16H20Cl2N2O/c1-2-20-14(12-7-6-11(17)10-13(12)18)19-16(15(20)21)8-4-3-5-9-16/h6-7,10,14,19H,2-5,8-9H2,1H3. The van der Waals surface area contributed by atoms with Crippen molar-refractivity contribution in [1.82, 2.24) is 10.2 Å². The summed E-state index contributed by atoms with van der Waals surface area (Å²) >= 11 is 12.3. The minimum atomic E-state index is -0.387. The van der Waals surface area contributed by atoms with E-state index in [1.54, 1.807) is 6.07 Å². The van der Waals surface area contributed by atoms with Crippen LogP contribution in [-0.2, 0) is 4.79 Å². The Morgan fingerprint density at radius 2 is 2.00 bits per heavy atom. The van der Waals surface area contributed by atoms with Crippen LogP contribution >= 0.6 is 23.2 Å². The molecule has 0 radical (unpaired) electrons. The first kappa shape index (κ1) is 15.1.